The van der Waals surface area contributed by atoms with E-state index < -0.39 is 5.97 Å². The average Bonchev–Trinajstić information content (AvgIpc) is 3.22. The molecular weight excluding hydrogens is 432 g/mol. The first-order valence-electron chi connectivity index (χ1n) is 11.3. The van der Waals surface area contributed by atoms with Crippen LogP contribution in [0.2, 0.25) is 0 Å². The molecule has 0 spiro atoms. The largest absolute Gasteiger partial charge is 0.478 e. The van der Waals surface area contributed by atoms with E-state index in [0.717, 1.165) is 37.2 Å². The number of nitrogens with zero attached hydrogens (tertiary/aromatic N) is 5. The maximum Gasteiger partial charge on any atom is 0.337 e. The van der Waals surface area contributed by atoms with E-state index in [2.05, 4.69) is 34.3 Å². The van der Waals surface area contributed by atoms with Crippen LogP contribution in [-0.4, -0.2) is 74.5 Å². The number of aromatic carboxylic acids is 1. The molecule has 1 saturated heterocycles. The van der Waals surface area contributed by atoms with Crippen LogP contribution in [0.5, 0.6) is 0 Å². The lowest BCUT2D eigenvalue weighted by atomic mass is 10.0. The zero-order valence-corrected chi connectivity index (χ0v) is 19.9. The maximum absolute atomic E-state index is 13.0. The SMILES string of the molecule is Cc1cc(C(=O)N2CCC(N(C)C)CC2)ccc1Nc1nccc(-c2cc(C(=O)O)cn2C)n1. The first-order chi connectivity index (χ1) is 16.2. The molecule has 0 atom stereocenters. The van der Waals surface area contributed by atoms with Crippen molar-refractivity contribution in [2.75, 3.05) is 32.5 Å². The van der Waals surface area contributed by atoms with Crippen LogP contribution in [0.4, 0.5) is 11.6 Å². The Balaban J connectivity index is 1.48. The zero-order valence-electron chi connectivity index (χ0n) is 19.9. The van der Waals surface area contributed by atoms with Crippen LogP contribution in [0.25, 0.3) is 11.4 Å². The number of amides is 1. The molecule has 0 unspecified atom stereocenters. The maximum atomic E-state index is 13.0. The molecule has 0 bridgehead atoms. The number of aryl methyl sites for hydroxylation is 2. The van der Waals surface area contributed by atoms with E-state index in [9.17, 15) is 14.7 Å². The fourth-order valence-corrected chi connectivity index (χ4v) is 4.32. The highest BCUT2D eigenvalue weighted by molar-refractivity contribution is 5.95. The summed E-state index contributed by atoms with van der Waals surface area (Å²) in [4.78, 5) is 37.3. The second-order valence-corrected chi connectivity index (χ2v) is 8.94. The van der Waals surface area contributed by atoms with Crippen LogP contribution in [-0.2, 0) is 7.05 Å². The lowest BCUT2D eigenvalue weighted by molar-refractivity contribution is 0.0661. The van der Waals surface area contributed by atoms with Crippen LogP contribution in [0.15, 0.2) is 42.7 Å². The van der Waals surface area contributed by atoms with Crippen LogP contribution in [0.3, 0.4) is 0 Å². The molecule has 34 heavy (non-hydrogen) atoms. The molecular formula is C25H30N6O3. The fourth-order valence-electron chi connectivity index (χ4n) is 4.32. The van der Waals surface area contributed by atoms with E-state index in [-0.39, 0.29) is 11.5 Å². The molecule has 178 valence electrons. The Morgan fingerprint density at radius 3 is 2.47 bits per heavy atom. The number of hydrogen-bond acceptors (Lipinski definition) is 6. The highest BCUT2D eigenvalue weighted by Gasteiger charge is 2.25. The van der Waals surface area contributed by atoms with E-state index in [4.69, 9.17) is 0 Å². The number of carbonyl (C=O) groups is 2. The van der Waals surface area contributed by atoms with Crippen molar-refractivity contribution in [2.45, 2.75) is 25.8 Å². The predicted octanol–water partition coefficient (Wildman–Crippen LogP) is 3.40. The second kappa shape index (κ2) is 9.64. The molecule has 2 N–H and O–H groups in total. The van der Waals surface area contributed by atoms with Gasteiger partial charge in [-0.1, -0.05) is 0 Å². The minimum atomic E-state index is -0.985. The monoisotopic (exact) mass is 462 g/mol. The molecule has 1 fully saturated rings. The van der Waals surface area contributed by atoms with Crippen LogP contribution in [0, 0.1) is 6.92 Å². The first-order valence-corrected chi connectivity index (χ1v) is 11.3. The third-order valence-corrected chi connectivity index (χ3v) is 6.37. The highest BCUT2D eigenvalue weighted by atomic mass is 16.4. The van der Waals surface area contributed by atoms with Gasteiger partial charge in [-0.25, -0.2) is 14.8 Å². The Morgan fingerprint density at radius 2 is 1.85 bits per heavy atom. The minimum Gasteiger partial charge on any atom is -0.478 e. The molecule has 0 saturated carbocycles. The number of carboxylic acids is 1. The van der Waals surface area contributed by atoms with Gasteiger partial charge in [0.2, 0.25) is 5.95 Å². The molecule has 9 nitrogen and oxygen atoms in total. The predicted molar refractivity (Wildman–Crippen MR) is 130 cm³/mol. The lowest BCUT2D eigenvalue weighted by Crippen LogP contribution is -2.44. The smallest absolute Gasteiger partial charge is 0.337 e. The van der Waals surface area contributed by atoms with Crippen LogP contribution < -0.4 is 5.32 Å². The third-order valence-electron chi connectivity index (χ3n) is 6.37. The molecule has 0 radical (unpaired) electrons. The highest BCUT2D eigenvalue weighted by Crippen LogP contribution is 2.25. The summed E-state index contributed by atoms with van der Waals surface area (Å²) in [5.74, 6) is -0.534. The van der Waals surface area contributed by atoms with Gasteiger partial charge in [-0.05, 0) is 69.8 Å². The van der Waals surface area contributed by atoms with Gasteiger partial charge in [0.1, 0.15) is 0 Å². The molecule has 3 aromatic rings. The van der Waals surface area contributed by atoms with Gasteiger partial charge in [0.15, 0.2) is 0 Å². The molecule has 4 rings (SSSR count). The number of rotatable bonds is 6. The normalized spacial score (nSPS) is 14.4. The number of aromatic nitrogens is 3. The van der Waals surface area contributed by atoms with E-state index >= 15 is 0 Å². The van der Waals surface area contributed by atoms with Gasteiger partial charge < -0.3 is 24.8 Å². The molecule has 1 aromatic carbocycles. The van der Waals surface area contributed by atoms with Crippen molar-refractivity contribution in [1.82, 2.24) is 24.3 Å². The van der Waals surface area contributed by atoms with E-state index in [1.54, 1.807) is 36.1 Å². The summed E-state index contributed by atoms with van der Waals surface area (Å²) >= 11 is 0. The summed E-state index contributed by atoms with van der Waals surface area (Å²) in [5, 5.41) is 12.5. The standard InChI is InChI=1S/C25H30N6O3/c1-16-13-17(23(32)31-11-8-19(9-12-31)29(2)3)5-6-20(16)27-25-26-10-7-21(28-25)22-14-18(24(33)34)15-30(22)4/h5-7,10,13-15,19H,8-9,11-12H2,1-4H3,(H,33,34)(H,26,27,28). The molecule has 1 aliphatic heterocycles. The van der Waals surface area contributed by atoms with Gasteiger partial charge >= 0.3 is 5.97 Å². The molecule has 2 aromatic heterocycles. The van der Waals surface area contributed by atoms with Crippen LogP contribution in [0.1, 0.15) is 39.1 Å². The second-order valence-electron chi connectivity index (χ2n) is 8.94. The van der Waals surface area contributed by atoms with Crippen molar-refractivity contribution in [3.05, 3.63) is 59.4 Å². The van der Waals surface area contributed by atoms with Gasteiger partial charge in [-0.2, -0.15) is 0 Å². The van der Waals surface area contributed by atoms with E-state index in [0.29, 0.717) is 28.9 Å². The Labute approximate surface area is 199 Å². The summed E-state index contributed by atoms with van der Waals surface area (Å²) in [5.41, 5.74) is 3.88. The molecule has 0 aliphatic carbocycles. The molecule has 1 amide bonds. The number of anilines is 2. The fraction of sp³-hybridized carbons (Fsp3) is 0.360. The van der Waals surface area contributed by atoms with E-state index in [1.165, 1.54) is 0 Å². The van der Waals surface area contributed by atoms with Crippen LogP contribution >= 0.6 is 0 Å². The van der Waals surface area contributed by atoms with Gasteiger partial charge in [0, 0.05) is 49.8 Å². The number of carbonyl (C=O) groups excluding carboxylic acids is 1. The summed E-state index contributed by atoms with van der Waals surface area (Å²) in [6.07, 6.45) is 5.15. The van der Waals surface area contributed by atoms with Crippen molar-refractivity contribution in [3.8, 4) is 11.4 Å². The van der Waals surface area contributed by atoms with Gasteiger partial charge in [-0.3, -0.25) is 4.79 Å². The minimum absolute atomic E-state index is 0.0584. The number of piperidine rings is 1. The Kier molecular flexibility index (Phi) is 6.65. The first kappa shape index (κ1) is 23.4. The zero-order chi connectivity index (χ0) is 24.4. The van der Waals surface area contributed by atoms with Gasteiger partial charge in [0.25, 0.3) is 5.91 Å². The summed E-state index contributed by atoms with van der Waals surface area (Å²) in [6.45, 7) is 3.48. The lowest BCUT2D eigenvalue weighted by Gasteiger charge is -2.35. The summed E-state index contributed by atoms with van der Waals surface area (Å²) in [6, 6.07) is 9.44. The average molecular weight is 463 g/mol. The van der Waals surface area contributed by atoms with Crippen molar-refractivity contribution in [1.29, 1.82) is 0 Å². The number of carboxylic acid groups (broad SMARTS) is 1. The number of hydrogen-bond donors (Lipinski definition) is 2. The topological polar surface area (TPSA) is 104 Å². The van der Waals surface area contributed by atoms with Crippen molar-refractivity contribution in [3.63, 3.8) is 0 Å². The Bertz CT molecular complexity index is 1210. The Morgan fingerprint density at radius 1 is 1.12 bits per heavy atom. The molecule has 1 aliphatic rings. The van der Waals surface area contributed by atoms with Gasteiger partial charge in [0.05, 0.1) is 17.0 Å². The summed E-state index contributed by atoms with van der Waals surface area (Å²) < 4.78 is 1.72. The van der Waals surface area contributed by atoms with Gasteiger partial charge in [-0.15, -0.1) is 0 Å². The molecule has 9 heteroatoms. The Hall–Kier alpha value is -3.72. The third kappa shape index (κ3) is 4.94. The number of benzene rings is 1. The summed E-state index contributed by atoms with van der Waals surface area (Å²) in [7, 11) is 5.95. The number of likely N-dealkylation sites (tertiary alicyclic amines) is 1. The van der Waals surface area contributed by atoms with E-state index in [1.807, 2.05) is 30.0 Å². The quantitative estimate of drug-likeness (QED) is 0.579. The van der Waals surface area contributed by atoms with Crippen molar-refractivity contribution in [2.24, 2.45) is 7.05 Å². The number of nitrogens with one attached hydrogen (secondary N) is 1. The van der Waals surface area contributed by atoms with Crippen molar-refractivity contribution < 1.29 is 14.7 Å². The van der Waals surface area contributed by atoms with Crippen molar-refractivity contribution >= 4 is 23.5 Å². The molecule has 3 heterocycles.